The Kier molecular flexibility index (Phi) is 7.30. The molecule has 10 heteroatoms. The highest BCUT2D eigenvalue weighted by molar-refractivity contribution is 7.15. The molecule has 0 aliphatic heterocycles. The standard InChI is InChI=1S/C31H26FN5O3S/c1-3-16-40-24-13-10-20(11-14-24)29-33-31-37(35-29)30(38)27(41-31)18-22-19-36(23-8-6-5-7-9-23)34-28(22)21-12-15-26(39-4-2)25(32)17-21/h5-15,17-19H,3-4,16H2,1-2H3. The van der Waals surface area contributed by atoms with Crippen molar-refractivity contribution in [3.8, 4) is 39.8 Å². The monoisotopic (exact) mass is 567 g/mol. The minimum Gasteiger partial charge on any atom is -0.494 e. The van der Waals surface area contributed by atoms with Gasteiger partial charge >= 0.3 is 0 Å². The number of ether oxygens (including phenoxy) is 2. The topological polar surface area (TPSA) is 83.5 Å². The summed E-state index contributed by atoms with van der Waals surface area (Å²) in [4.78, 5) is 18.4. The fourth-order valence-electron chi connectivity index (χ4n) is 4.37. The van der Waals surface area contributed by atoms with Gasteiger partial charge in [-0.2, -0.15) is 14.6 Å². The van der Waals surface area contributed by atoms with Gasteiger partial charge in [-0.15, -0.1) is 5.10 Å². The summed E-state index contributed by atoms with van der Waals surface area (Å²) in [6, 6.07) is 21.8. The molecule has 0 amide bonds. The van der Waals surface area contributed by atoms with Crippen molar-refractivity contribution in [2.45, 2.75) is 20.3 Å². The molecule has 0 unspecified atom stereocenters. The number of thiazole rings is 1. The zero-order chi connectivity index (χ0) is 28.3. The van der Waals surface area contributed by atoms with Crippen LogP contribution < -0.4 is 19.6 Å². The molecule has 0 aliphatic rings. The van der Waals surface area contributed by atoms with E-state index in [0.29, 0.717) is 45.4 Å². The van der Waals surface area contributed by atoms with Crippen molar-refractivity contribution in [3.63, 3.8) is 0 Å². The lowest BCUT2D eigenvalue weighted by atomic mass is 10.1. The third-order valence-corrected chi connectivity index (χ3v) is 7.28. The van der Waals surface area contributed by atoms with Gasteiger partial charge in [-0.05, 0) is 74.0 Å². The first kappa shape index (κ1) is 26.4. The molecule has 41 heavy (non-hydrogen) atoms. The second kappa shape index (κ2) is 11.3. The maximum atomic E-state index is 14.8. The molecule has 3 heterocycles. The number of hydrogen-bond acceptors (Lipinski definition) is 7. The molecular formula is C31H26FN5O3S. The summed E-state index contributed by atoms with van der Waals surface area (Å²) >= 11 is 1.24. The van der Waals surface area contributed by atoms with E-state index in [2.05, 4.69) is 17.0 Å². The van der Waals surface area contributed by atoms with E-state index in [1.165, 1.54) is 21.9 Å². The lowest BCUT2D eigenvalue weighted by Crippen LogP contribution is -2.23. The third-order valence-electron chi connectivity index (χ3n) is 6.32. The van der Waals surface area contributed by atoms with E-state index in [4.69, 9.17) is 14.6 Å². The zero-order valence-electron chi connectivity index (χ0n) is 22.5. The van der Waals surface area contributed by atoms with Crippen molar-refractivity contribution in [2.75, 3.05) is 13.2 Å². The number of hydrogen-bond donors (Lipinski definition) is 0. The Morgan fingerprint density at radius 3 is 2.44 bits per heavy atom. The van der Waals surface area contributed by atoms with Gasteiger partial charge in [-0.25, -0.2) is 9.07 Å². The Labute approximate surface area is 238 Å². The average Bonchev–Trinajstić information content (AvgIpc) is 3.69. The zero-order valence-corrected chi connectivity index (χ0v) is 23.3. The minimum atomic E-state index is -0.481. The first-order chi connectivity index (χ1) is 20.0. The molecule has 0 fully saturated rings. The quantitative estimate of drug-likeness (QED) is 0.228. The predicted octanol–water partition coefficient (Wildman–Crippen LogP) is 5.55. The van der Waals surface area contributed by atoms with Gasteiger partial charge in [0.25, 0.3) is 5.56 Å². The van der Waals surface area contributed by atoms with Crippen molar-refractivity contribution in [3.05, 3.63) is 105 Å². The molecule has 8 nitrogen and oxygen atoms in total. The molecule has 3 aromatic carbocycles. The summed E-state index contributed by atoms with van der Waals surface area (Å²) < 4.78 is 29.2. The van der Waals surface area contributed by atoms with Gasteiger partial charge in [-0.3, -0.25) is 4.79 Å². The molecule has 0 radical (unpaired) electrons. The summed E-state index contributed by atoms with van der Waals surface area (Å²) in [7, 11) is 0. The first-order valence-corrected chi connectivity index (χ1v) is 14.1. The minimum absolute atomic E-state index is 0.176. The highest BCUT2D eigenvalue weighted by Gasteiger charge is 2.16. The molecule has 0 atom stereocenters. The van der Waals surface area contributed by atoms with E-state index in [1.807, 2.05) is 60.8 Å². The molecule has 3 aromatic heterocycles. The summed E-state index contributed by atoms with van der Waals surface area (Å²) in [5.74, 6) is 0.933. The lowest BCUT2D eigenvalue weighted by molar-refractivity contribution is 0.317. The van der Waals surface area contributed by atoms with Crippen LogP contribution in [0.1, 0.15) is 25.8 Å². The van der Waals surface area contributed by atoms with E-state index in [9.17, 15) is 9.18 Å². The van der Waals surface area contributed by atoms with E-state index < -0.39 is 5.82 Å². The predicted molar refractivity (Wildman–Crippen MR) is 157 cm³/mol. The molecule has 0 saturated carbocycles. The van der Waals surface area contributed by atoms with Crippen molar-refractivity contribution in [1.29, 1.82) is 0 Å². The van der Waals surface area contributed by atoms with Crippen LogP contribution in [-0.4, -0.2) is 37.6 Å². The second-order valence-corrected chi connectivity index (χ2v) is 10.2. The Bertz CT molecular complexity index is 1930. The molecule has 0 saturated heterocycles. The maximum Gasteiger partial charge on any atom is 0.291 e. The van der Waals surface area contributed by atoms with Crippen molar-refractivity contribution in [2.24, 2.45) is 0 Å². The van der Waals surface area contributed by atoms with Gasteiger partial charge in [0.05, 0.1) is 23.4 Å². The van der Waals surface area contributed by atoms with Crippen molar-refractivity contribution < 1.29 is 13.9 Å². The van der Waals surface area contributed by atoms with Crippen LogP contribution in [0.5, 0.6) is 11.5 Å². The second-order valence-electron chi connectivity index (χ2n) is 9.21. The fraction of sp³-hybridized carbons (Fsp3) is 0.161. The SMILES string of the molecule is CCCOc1ccc(-c2nc3sc(=Cc4cn(-c5ccccc5)nc4-c4ccc(OCC)c(F)c4)c(=O)n3n2)cc1. The number of fused-ring (bicyclic) bond motifs is 1. The highest BCUT2D eigenvalue weighted by Crippen LogP contribution is 2.29. The van der Waals surface area contributed by atoms with Crippen LogP contribution in [0.15, 0.2) is 83.8 Å². The van der Waals surface area contributed by atoms with Gasteiger partial charge in [0, 0.05) is 22.9 Å². The van der Waals surface area contributed by atoms with Crippen LogP contribution in [0.3, 0.4) is 0 Å². The van der Waals surface area contributed by atoms with Gasteiger partial charge in [0.15, 0.2) is 17.4 Å². The van der Waals surface area contributed by atoms with E-state index in [0.717, 1.165) is 23.4 Å². The summed E-state index contributed by atoms with van der Waals surface area (Å²) in [5.41, 5.74) is 3.08. The number of aromatic nitrogens is 5. The number of benzene rings is 3. The van der Waals surface area contributed by atoms with Crippen molar-refractivity contribution >= 4 is 22.4 Å². The van der Waals surface area contributed by atoms with Gasteiger partial charge in [0.2, 0.25) is 4.96 Å². The van der Waals surface area contributed by atoms with Crippen LogP contribution >= 0.6 is 11.3 Å². The highest BCUT2D eigenvalue weighted by atomic mass is 32.1. The van der Waals surface area contributed by atoms with Crippen LogP contribution in [0.25, 0.3) is 39.4 Å². The van der Waals surface area contributed by atoms with E-state index in [-0.39, 0.29) is 11.3 Å². The van der Waals surface area contributed by atoms with Crippen LogP contribution in [-0.2, 0) is 0 Å². The molecule has 0 bridgehead atoms. The maximum absolute atomic E-state index is 14.8. The van der Waals surface area contributed by atoms with Crippen LogP contribution in [0, 0.1) is 5.82 Å². The van der Waals surface area contributed by atoms with Crippen LogP contribution in [0.2, 0.25) is 0 Å². The summed E-state index contributed by atoms with van der Waals surface area (Å²) in [6.07, 6.45) is 4.50. The Morgan fingerprint density at radius 1 is 0.951 bits per heavy atom. The Hall–Kier alpha value is -4.83. The van der Waals surface area contributed by atoms with E-state index in [1.54, 1.807) is 29.8 Å². The van der Waals surface area contributed by atoms with Gasteiger partial charge in [0.1, 0.15) is 11.4 Å². The molecule has 0 N–H and O–H groups in total. The number of rotatable bonds is 9. The van der Waals surface area contributed by atoms with Gasteiger partial charge in [-0.1, -0.05) is 36.5 Å². The first-order valence-electron chi connectivity index (χ1n) is 13.3. The smallest absolute Gasteiger partial charge is 0.291 e. The number of halogens is 1. The average molecular weight is 568 g/mol. The molecular weight excluding hydrogens is 541 g/mol. The Morgan fingerprint density at radius 2 is 1.73 bits per heavy atom. The normalized spacial score (nSPS) is 11.8. The number of nitrogens with zero attached hydrogens (tertiary/aromatic N) is 5. The Balaban J connectivity index is 1.40. The molecule has 0 spiro atoms. The molecule has 6 rings (SSSR count). The molecule has 206 valence electrons. The molecule has 6 aromatic rings. The van der Waals surface area contributed by atoms with Gasteiger partial charge < -0.3 is 9.47 Å². The van der Waals surface area contributed by atoms with Crippen molar-refractivity contribution in [1.82, 2.24) is 24.4 Å². The lowest BCUT2D eigenvalue weighted by Gasteiger charge is -2.06. The number of para-hydroxylation sites is 1. The molecule has 0 aliphatic carbocycles. The van der Waals surface area contributed by atoms with Crippen LogP contribution in [0.4, 0.5) is 4.39 Å². The fourth-order valence-corrected chi connectivity index (χ4v) is 5.27. The summed E-state index contributed by atoms with van der Waals surface area (Å²) in [6.45, 7) is 4.87. The largest absolute Gasteiger partial charge is 0.494 e. The van der Waals surface area contributed by atoms with E-state index >= 15 is 0 Å². The summed E-state index contributed by atoms with van der Waals surface area (Å²) in [5, 5.41) is 9.21. The third kappa shape index (κ3) is 5.33.